The number of carbonyl (C=O) groups is 1. The van der Waals surface area contributed by atoms with Crippen LogP contribution < -0.4 is 0 Å². The normalized spacial score (nSPS) is 12.6. The molecular weight excluding hydrogens is 338 g/mol. The van der Waals surface area contributed by atoms with Gasteiger partial charge in [0.15, 0.2) is 0 Å². The second kappa shape index (κ2) is 6.91. The van der Waals surface area contributed by atoms with Crippen LogP contribution in [0.4, 0.5) is 0 Å². The van der Waals surface area contributed by atoms with Crippen LogP contribution in [0.2, 0.25) is 0 Å². The van der Waals surface area contributed by atoms with E-state index in [1.807, 2.05) is 77.9 Å². The summed E-state index contributed by atoms with van der Waals surface area (Å²) in [6, 6.07) is 15.6. The largest absolute Gasteiger partial charge is 0.459 e. The Morgan fingerprint density at radius 3 is 2.78 bits per heavy atom. The maximum absolute atomic E-state index is 13.3. The number of carbonyl (C=O) groups excluding carboxylic acids is 1. The molecule has 1 atom stereocenters. The van der Waals surface area contributed by atoms with Crippen molar-refractivity contribution in [3.05, 3.63) is 71.9 Å². The summed E-state index contributed by atoms with van der Waals surface area (Å²) >= 11 is 0. The van der Waals surface area contributed by atoms with Gasteiger partial charge in [-0.05, 0) is 44.5 Å². The van der Waals surface area contributed by atoms with Gasteiger partial charge >= 0.3 is 0 Å². The Bertz CT molecular complexity index is 1080. The van der Waals surface area contributed by atoms with Crippen LogP contribution in [-0.2, 0) is 0 Å². The molecule has 0 saturated heterocycles. The van der Waals surface area contributed by atoms with Crippen molar-refractivity contribution in [2.45, 2.75) is 33.2 Å². The summed E-state index contributed by atoms with van der Waals surface area (Å²) in [6.45, 7) is 6.72. The summed E-state index contributed by atoms with van der Waals surface area (Å²) < 4.78 is 7.95. The number of hydrogen-bond acceptors (Lipinski definition) is 3. The summed E-state index contributed by atoms with van der Waals surface area (Å²) in [5.41, 5.74) is 3.13. The van der Waals surface area contributed by atoms with E-state index in [1.54, 1.807) is 0 Å². The van der Waals surface area contributed by atoms with E-state index >= 15 is 0 Å². The number of benzene rings is 1. The molecule has 0 unspecified atom stereocenters. The topological polar surface area (TPSA) is 50.8 Å². The highest BCUT2D eigenvalue weighted by molar-refractivity contribution is 5.93. The number of amides is 1. The summed E-state index contributed by atoms with van der Waals surface area (Å²) in [7, 11) is 0. The van der Waals surface area contributed by atoms with E-state index in [9.17, 15) is 4.79 Å². The fourth-order valence-electron chi connectivity index (χ4n) is 3.47. The minimum atomic E-state index is -0.171. The highest BCUT2D eigenvalue weighted by Crippen LogP contribution is 2.28. The smallest absolute Gasteiger partial charge is 0.274 e. The Morgan fingerprint density at radius 1 is 1.22 bits per heavy atom. The lowest BCUT2D eigenvalue weighted by molar-refractivity contribution is 0.0667. The maximum Gasteiger partial charge on any atom is 0.274 e. The van der Waals surface area contributed by atoms with Crippen LogP contribution in [0.5, 0.6) is 0 Å². The van der Waals surface area contributed by atoms with Gasteiger partial charge in [-0.3, -0.25) is 4.79 Å². The molecule has 5 nitrogen and oxygen atoms in total. The van der Waals surface area contributed by atoms with Gasteiger partial charge in [0, 0.05) is 23.8 Å². The summed E-state index contributed by atoms with van der Waals surface area (Å²) in [4.78, 5) is 19.6. The third-order valence-electron chi connectivity index (χ3n) is 4.96. The lowest BCUT2D eigenvalue weighted by atomic mass is 10.1. The number of aryl methyl sites for hydroxylation is 1. The molecule has 3 aromatic heterocycles. The zero-order valence-electron chi connectivity index (χ0n) is 15.8. The molecule has 1 aromatic carbocycles. The molecular formula is C22H23N3O2. The molecule has 4 aromatic rings. The van der Waals surface area contributed by atoms with Gasteiger partial charge < -0.3 is 13.7 Å². The van der Waals surface area contributed by atoms with Gasteiger partial charge in [0.25, 0.3) is 5.91 Å². The zero-order chi connectivity index (χ0) is 19.0. The Labute approximate surface area is 158 Å². The van der Waals surface area contributed by atoms with Crippen LogP contribution in [0.1, 0.15) is 48.3 Å². The van der Waals surface area contributed by atoms with E-state index in [0.717, 1.165) is 34.5 Å². The number of nitrogens with zero attached hydrogens (tertiary/aromatic N) is 3. The Morgan fingerprint density at radius 2 is 2.04 bits per heavy atom. The minimum Gasteiger partial charge on any atom is -0.459 e. The van der Waals surface area contributed by atoms with Crippen molar-refractivity contribution < 1.29 is 9.21 Å². The first-order valence-corrected chi connectivity index (χ1v) is 9.32. The predicted octanol–water partition coefficient (Wildman–Crippen LogP) is 5.00. The molecule has 138 valence electrons. The number of pyridine rings is 1. The third-order valence-corrected chi connectivity index (χ3v) is 4.96. The first kappa shape index (κ1) is 17.3. The Balaban J connectivity index is 1.69. The number of aromatic nitrogens is 2. The van der Waals surface area contributed by atoms with Gasteiger partial charge in [-0.2, -0.15) is 0 Å². The van der Waals surface area contributed by atoms with Crippen LogP contribution in [0.3, 0.4) is 0 Å². The predicted molar refractivity (Wildman–Crippen MR) is 106 cm³/mol. The summed E-state index contributed by atoms with van der Waals surface area (Å²) in [5, 5.41) is 1.05. The lowest BCUT2D eigenvalue weighted by Gasteiger charge is -2.26. The van der Waals surface area contributed by atoms with E-state index in [0.29, 0.717) is 12.2 Å². The standard InChI is InChI=1S/C22H23N3O2/c1-4-12-24(16(3)20-13-17-9-5-6-10-19(17)27-20)22(26)18-14-25-15(2)8-7-11-21(25)23-18/h5-11,13-14,16H,4,12H2,1-3H3/t16-/m0/s1. The van der Waals surface area contributed by atoms with Crippen LogP contribution in [0.25, 0.3) is 16.6 Å². The average Bonchev–Trinajstić information content (AvgIpc) is 3.30. The van der Waals surface area contributed by atoms with Crippen molar-refractivity contribution in [2.75, 3.05) is 6.54 Å². The van der Waals surface area contributed by atoms with E-state index in [4.69, 9.17) is 4.42 Å². The summed E-state index contributed by atoms with van der Waals surface area (Å²) in [6.07, 6.45) is 2.68. The molecule has 4 rings (SSSR count). The van der Waals surface area contributed by atoms with E-state index < -0.39 is 0 Å². The molecule has 0 saturated carbocycles. The van der Waals surface area contributed by atoms with Gasteiger partial charge in [-0.25, -0.2) is 4.98 Å². The molecule has 5 heteroatoms. The van der Waals surface area contributed by atoms with E-state index in [1.165, 1.54) is 0 Å². The molecule has 0 fully saturated rings. The van der Waals surface area contributed by atoms with Crippen LogP contribution in [-0.4, -0.2) is 26.7 Å². The van der Waals surface area contributed by atoms with Gasteiger partial charge in [-0.1, -0.05) is 31.2 Å². The molecule has 0 spiro atoms. The van der Waals surface area contributed by atoms with Gasteiger partial charge in [0.1, 0.15) is 22.7 Å². The molecule has 27 heavy (non-hydrogen) atoms. The van der Waals surface area contributed by atoms with Crippen LogP contribution in [0.15, 0.2) is 59.1 Å². The molecule has 3 heterocycles. The van der Waals surface area contributed by atoms with Gasteiger partial charge in [-0.15, -0.1) is 0 Å². The van der Waals surface area contributed by atoms with Crippen LogP contribution >= 0.6 is 0 Å². The van der Waals surface area contributed by atoms with Crippen molar-refractivity contribution in [2.24, 2.45) is 0 Å². The number of rotatable bonds is 5. The lowest BCUT2D eigenvalue weighted by Crippen LogP contribution is -2.34. The number of imidazole rings is 1. The van der Waals surface area contributed by atoms with Crippen molar-refractivity contribution in [1.29, 1.82) is 0 Å². The highest BCUT2D eigenvalue weighted by Gasteiger charge is 2.26. The average molecular weight is 361 g/mol. The molecule has 0 radical (unpaired) electrons. The fraction of sp³-hybridized carbons (Fsp3) is 0.273. The second-order valence-corrected chi connectivity index (χ2v) is 6.88. The Kier molecular flexibility index (Phi) is 4.44. The number of para-hydroxylation sites is 1. The molecule has 0 aliphatic rings. The number of fused-ring (bicyclic) bond motifs is 2. The van der Waals surface area contributed by atoms with Crippen molar-refractivity contribution in [3.8, 4) is 0 Å². The van der Waals surface area contributed by atoms with Gasteiger partial charge in [0.2, 0.25) is 0 Å². The minimum absolute atomic E-state index is 0.0760. The summed E-state index contributed by atoms with van der Waals surface area (Å²) in [5.74, 6) is 0.714. The third kappa shape index (κ3) is 3.10. The second-order valence-electron chi connectivity index (χ2n) is 6.88. The van der Waals surface area contributed by atoms with E-state index in [-0.39, 0.29) is 11.9 Å². The highest BCUT2D eigenvalue weighted by atomic mass is 16.3. The Hall–Kier alpha value is -3.08. The zero-order valence-corrected chi connectivity index (χ0v) is 15.8. The van der Waals surface area contributed by atoms with E-state index in [2.05, 4.69) is 11.9 Å². The van der Waals surface area contributed by atoms with Crippen molar-refractivity contribution in [1.82, 2.24) is 14.3 Å². The first-order chi connectivity index (χ1) is 13.1. The SMILES string of the molecule is CCCN(C(=O)c1cn2c(C)cccc2n1)[C@@H](C)c1cc2ccccc2o1. The molecule has 0 aliphatic heterocycles. The fourth-order valence-corrected chi connectivity index (χ4v) is 3.47. The maximum atomic E-state index is 13.3. The van der Waals surface area contributed by atoms with Crippen LogP contribution in [0, 0.1) is 6.92 Å². The number of hydrogen-bond donors (Lipinski definition) is 0. The molecule has 0 N–H and O–H groups in total. The molecule has 0 aliphatic carbocycles. The van der Waals surface area contributed by atoms with Crippen molar-refractivity contribution in [3.63, 3.8) is 0 Å². The van der Waals surface area contributed by atoms with Crippen molar-refractivity contribution >= 4 is 22.5 Å². The van der Waals surface area contributed by atoms with Gasteiger partial charge in [0.05, 0.1) is 6.04 Å². The quantitative estimate of drug-likeness (QED) is 0.502. The first-order valence-electron chi connectivity index (χ1n) is 9.32. The monoisotopic (exact) mass is 361 g/mol. The molecule has 1 amide bonds. The number of furan rings is 1. The molecule has 0 bridgehead atoms.